The van der Waals surface area contributed by atoms with Gasteiger partial charge in [-0.05, 0) is 32.4 Å². The zero-order valence-corrected chi connectivity index (χ0v) is 25.0. The second kappa shape index (κ2) is 31.3. The summed E-state index contributed by atoms with van der Waals surface area (Å²) in [5, 5.41) is 3.34. The van der Waals surface area contributed by atoms with Crippen LogP contribution in [0.1, 0.15) is 110 Å². The molecule has 7 heteroatoms. The molecule has 0 aromatic rings. The molecule has 0 radical (unpaired) electrons. The molecule has 0 bridgehead atoms. The quantitative estimate of drug-likeness (QED) is 0.102. The van der Waals surface area contributed by atoms with Gasteiger partial charge in [0, 0.05) is 6.61 Å². The van der Waals surface area contributed by atoms with Crippen LogP contribution in [0.3, 0.4) is 0 Å². The molecule has 0 aromatic heterocycles. The van der Waals surface area contributed by atoms with E-state index in [0.717, 1.165) is 39.0 Å². The standard InChI is InChI=1S/C31H63NO6/c1-2-3-4-5-6-7-8-9-10-11-12-13-14-15-20-33-21-22-34-23-24-35-25-26-36-27-28-37-29-30-38-31-16-18-32-19-17-31/h31-32H,2-30H2,1H3. The van der Waals surface area contributed by atoms with Crippen LogP contribution in [0, 0.1) is 0 Å². The normalized spacial score (nSPS) is 14.4. The molecular weight excluding hydrogens is 482 g/mol. The predicted octanol–water partition coefficient (Wildman–Crippen LogP) is 6.32. The molecule has 1 N–H and O–H groups in total. The Morgan fingerprint density at radius 3 is 1.18 bits per heavy atom. The highest BCUT2D eigenvalue weighted by molar-refractivity contribution is 4.67. The molecule has 0 unspecified atom stereocenters. The number of unbranched alkanes of at least 4 members (excludes halogenated alkanes) is 13. The van der Waals surface area contributed by atoms with Crippen LogP contribution in [-0.4, -0.2) is 91.9 Å². The first-order valence-corrected chi connectivity index (χ1v) is 16.1. The molecule has 228 valence electrons. The summed E-state index contributed by atoms with van der Waals surface area (Å²) in [6.45, 7) is 11.4. The number of rotatable bonds is 31. The van der Waals surface area contributed by atoms with Gasteiger partial charge in [0.1, 0.15) is 0 Å². The summed E-state index contributed by atoms with van der Waals surface area (Å²) < 4.78 is 33.6. The van der Waals surface area contributed by atoms with E-state index in [4.69, 9.17) is 28.4 Å². The first-order valence-electron chi connectivity index (χ1n) is 16.1. The zero-order valence-electron chi connectivity index (χ0n) is 25.0. The van der Waals surface area contributed by atoms with Crippen LogP contribution in [0.25, 0.3) is 0 Å². The van der Waals surface area contributed by atoms with Crippen molar-refractivity contribution in [1.29, 1.82) is 0 Å². The summed E-state index contributed by atoms with van der Waals surface area (Å²) in [6.07, 6.45) is 22.0. The van der Waals surface area contributed by atoms with Gasteiger partial charge in [-0.15, -0.1) is 0 Å². The zero-order chi connectivity index (χ0) is 27.0. The third-order valence-electron chi connectivity index (χ3n) is 7.00. The lowest BCUT2D eigenvalue weighted by atomic mass is 10.0. The van der Waals surface area contributed by atoms with Crippen molar-refractivity contribution in [2.45, 2.75) is 116 Å². The topological polar surface area (TPSA) is 67.4 Å². The molecule has 0 aromatic carbocycles. The van der Waals surface area contributed by atoms with Gasteiger partial charge in [0.15, 0.2) is 0 Å². The van der Waals surface area contributed by atoms with Crippen LogP contribution < -0.4 is 5.32 Å². The molecule has 1 fully saturated rings. The van der Waals surface area contributed by atoms with Gasteiger partial charge in [0.25, 0.3) is 0 Å². The van der Waals surface area contributed by atoms with E-state index < -0.39 is 0 Å². The van der Waals surface area contributed by atoms with Gasteiger partial charge in [-0.1, -0.05) is 90.4 Å². The fourth-order valence-electron chi connectivity index (χ4n) is 4.62. The van der Waals surface area contributed by atoms with Gasteiger partial charge in [0.2, 0.25) is 0 Å². The van der Waals surface area contributed by atoms with E-state index in [0.29, 0.717) is 72.2 Å². The molecule has 0 aliphatic carbocycles. The van der Waals surface area contributed by atoms with Gasteiger partial charge in [-0.25, -0.2) is 0 Å². The van der Waals surface area contributed by atoms with Crippen LogP contribution in [0.15, 0.2) is 0 Å². The highest BCUT2D eigenvalue weighted by Crippen LogP contribution is 2.13. The predicted molar refractivity (Wildman–Crippen MR) is 156 cm³/mol. The maximum absolute atomic E-state index is 5.80. The Kier molecular flexibility index (Phi) is 29.4. The van der Waals surface area contributed by atoms with E-state index in [1.165, 1.54) is 83.5 Å². The molecule has 1 heterocycles. The maximum Gasteiger partial charge on any atom is 0.0704 e. The number of hydrogen-bond donors (Lipinski definition) is 1. The van der Waals surface area contributed by atoms with Crippen LogP contribution >= 0.6 is 0 Å². The summed E-state index contributed by atoms with van der Waals surface area (Å²) in [7, 11) is 0. The summed E-state index contributed by atoms with van der Waals surface area (Å²) in [5.74, 6) is 0. The number of ether oxygens (including phenoxy) is 6. The molecule has 7 nitrogen and oxygen atoms in total. The third-order valence-corrected chi connectivity index (χ3v) is 7.00. The molecule has 0 saturated carbocycles. The lowest BCUT2D eigenvalue weighted by molar-refractivity contribution is -0.0296. The minimum Gasteiger partial charge on any atom is -0.379 e. The molecule has 1 aliphatic rings. The first kappa shape index (κ1) is 35.7. The van der Waals surface area contributed by atoms with Crippen molar-refractivity contribution < 1.29 is 28.4 Å². The van der Waals surface area contributed by atoms with Crippen molar-refractivity contribution in [3.8, 4) is 0 Å². The molecular formula is C31H63NO6. The first-order chi connectivity index (χ1) is 18.9. The molecule has 1 saturated heterocycles. The second-order valence-electron chi connectivity index (χ2n) is 10.5. The largest absolute Gasteiger partial charge is 0.379 e. The van der Waals surface area contributed by atoms with E-state index in [9.17, 15) is 0 Å². The molecule has 1 aliphatic heterocycles. The highest BCUT2D eigenvalue weighted by atomic mass is 16.6. The van der Waals surface area contributed by atoms with Crippen LogP contribution in [0.5, 0.6) is 0 Å². The molecule has 1 rings (SSSR count). The second-order valence-corrected chi connectivity index (χ2v) is 10.5. The van der Waals surface area contributed by atoms with Gasteiger partial charge in [-0.3, -0.25) is 0 Å². The lowest BCUT2D eigenvalue weighted by Gasteiger charge is -2.22. The number of piperidine rings is 1. The molecule has 0 amide bonds. The minimum atomic E-state index is 0.392. The lowest BCUT2D eigenvalue weighted by Crippen LogP contribution is -2.33. The van der Waals surface area contributed by atoms with Crippen molar-refractivity contribution in [1.82, 2.24) is 5.32 Å². The summed E-state index contributed by atoms with van der Waals surface area (Å²) in [4.78, 5) is 0. The Bertz CT molecular complexity index is 437. The van der Waals surface area contributed by atoms with Crippen molar-refractivity contribution in [3.05, 3.63) is 0 Å². The average Bonchev–Trinajstić information content (AvgIpc) is 2.94. The summed E-state index contributed by atoms with van der Waals surface area (Å²) in [5.41, 5.74) is 0. The van der Waals surface area contributed by atoms with Crippen molar-refractivity contribution in [2.75, 3.05) is 85.8 Å². The van der Waals surface area contributed by atoms with E-state index in [1.807, 2.05) is 0 Å². The fourth-order valence-corrected chi connectivity index (χ4v) is 4.62. The van der Waals surface area contributed by atoms with Crippen LogP contribution in [0.2, 0.25) is 0 Å². The Labute approximate surface area is 235 Å². The van der Waals surface area contributed by atoms with Gasteiger partial charge in [0.05, 0.1) is 72.2 Å². The average molecular weight is 546 g/mol. The number of nitrogens with one attached hydrogen (secondary N) is 1. The highest BCUT2D eigenvalue weighted by Gasteiger charge is 2.12. The third kappa shape index (κ3) is 27.3. The molecule has 38 heavy (non-hydrogen) atoms. The Balaban J connectivity index is 1.61. The van der Waals surface area contributed by atoms with Crippen molar-refractivity contribution >= 4 is 0 Å². The van der Waals surface area contributed by atoms with E-state index in [1.54, 1.807) is 0 Å². The summed E-state index contributed by atoms with van der Waals surface area (Å²) in [6, 6.07) is 0. The SMILES string of the molecule is CCCCCCCCCCCCCCCCOCCOCCOCCOCCOCCOC1CCNCC1. The van der Waals surface area contributed by atoms with Gasteiger partial charge >= 0.3 is 0 Å². The van der Waals surface area contributed by atoms with E-state index >= 15 is 0 Å². The fraction of sp³-hybridized carbons (Fsp3) is 1.00. The molecule has 0 atom stereocenters. The van der Waals surface area contributed by atoms with Crippen molar-refractivity contribution in [3.63, 3.8) is 0 Å². The van der Waals surface area contributed by atoms with E-state index in [-0.39, 0.29) is 0 Å². The Morgan fingerprint density at radius 1 is 0.421 bits per heavy atom. The summed E-state index contributed by atoms with van der Waals surface area (Å²) >= 11 is 0. The smallest absolute Gasteiger partial charge is 0.0704 e. The van der Waals surface area contributed by atoms with Crippen LogP contribution in [0.4, 0.5) is 0 Å². The van der Waals surface area contributed by atoms with Gasteiger partial charge < -0.3 is 33.7 Å². The Hall–Kier alpha value is -0.280. The van der Waals surface area contributed by atoms with Gasteiger partial charge in [-0.2, -0.15) is 0 Å². The maximum atomic E-state index is 5.80. The number of hydrogen-bond acceptors (Lipinski definition) is 7. The Morgan fingerprint density at radius 2 is 0.763 bits per heavy atom. The molecule has 0 spiro atoms. The van der Waals surface area contributed by atoms with E-state index in [2.05, 4.69) is 12.2 Å². The minimum absolute atomic E-state index is 0.392. The monoisotopic (exact) mass is 545 g/mol. The van der Waals surface area contributed by atoms with Crippen molar-refractivity contribution in [2.24, 2.45) is 0 Å². The van der Waals surface area contributed by atoms with Crippen LogP contribution in [-0.2, 0) is 28.4 Å².